The van der Waals surface area contributed by atoms with Gasteiger partial charge in [-0.15, -0.1) is 0 Å². The van der Waals surface area contributed by atoms with Crippen LogP contribution < -0.4 is 4.74 Å². The number of hydrogen-bond acceptors (Lipinski definition) is 3. The van der Waals surface area contributed by atoms with Crippen molar-refractivity contribution in [2.45, 2.75) is 20.0 Å². The summed E-state index contributed by atoms with van der Waals surface area (Å²) in [6, 6.07) is 7.92. The van der Waals surface area contributed by atoms with E-state index in [1.165, 1.54) is 0 Å². The summed E-state index contributed by atoms with van der Waals surface area (Å²) >= 11 is 5.07. The van der Waals surface area contributed by atoms with Gasteiger partial charge in [0.05, 0.1) is 0 Å². The molecule has 1 atom stereocenters. The standard InChI is InChI=1S/C12H15N3OS/c1-8-6-4-5-7-10(8)16-9(2)11-13-14-12(17)15(11)3/h4-7,9H,1-3H3,(H,14,17). The lowest BCUT2D eigenvalue weighted by Crippen LogP contribution is -2.10. The van der Waals surface area contributed by atoms with Crippen LogP contribution >= 0.6 is 12.2 Å². The monoisotopic (exact) mass is 249 g/mol. The molecule has 2 aromatic rings. The topological polar surface area (TPSA) is 42.8 Å². The molecule has 0 saturated carbocycles. The Balaban J connectivity index is 2.23. The van der Waals surface area contributed by atoms with Crippen molar-refractivity contribution >= 4 is 12.2 Å². The number of nitrogens with one attached hydrogen (secondary N) is 1. The number of aromatic nitrogens is 3. The van der Waals surface area contributed by atoms with Gasteiger partial charge < -0.3 is 9.30 Å². The third-order valence-corrected chi connectivity index (χ3v) is 3.04. The Labute approximate surface area is 105 Å². The Kier molecular flexibility index (Phi) is 3.28. The third kappa shape index (κ3) is 2.39. The number of benzene rings is 1. The molecule has 1 N–H and O–H groups in total. The minimum absolute atomic E-state index is 0.144. The summed E-state index contributed by atoms with van der Waals surface area (Å²) in [5.41, 5.74) is 1.11. The van der Waals surface area contributed by atoms with Crippen molar-refractivity contribution in [1.29, 1.82) is 0 Å². The molecule has 1 aromatic carbocycles. The average molecular weight is 249 g/mol. The van der Waals surface area contributed by atoms with E-state index in [1.807, 2.05) is 49.7 Å². The molecule has 0 bridgehead atoms. The Bertz CT molecular complexity index is 573. The van der Waals surface area contributed by atoms with Gasteiger partial charge in [0.25, 0.3) is 0 Å². The van der Waals surface area contributed by atoms with Gasteiger partial charge in [-0.1, -0.05) is 18.2 Å². The molecular weight excluding hydrogens is 234 g/mol. The highest BCUT2D eigenvalue weighted by atomic mass is 32.1. The zero-order valence-electron chi connectivity index (χ0n) is 10.1. The molecule has 90 valence electrons. The maximum atomic E-state index is 5.88. The van der Waals surface area contributed by atoms with E-state index >= 15 is 0 Å². The van der Waals surface area contributed by atoms with Gasteiger partial charge >= 0.3 is 0 Å². The van der Waals surface area contributed by atoms with E-state index in [0.29, 0.717) is 4.77 Å². The number of aromatic amines is 1. The zero-order chi connectivity index (χ0) is 12.4. The second kappa shape index (κ2) is 4.71. The molecule has 4 nitrogen and oxygen atoms in total. The van der Waals surface area contributed by atoms with Crippen molar-refractivity contribution < 1.29 is 4.74 Å². The molecule has 0 amide bonds. The van der Waals surface area contributed by atoms with E-state index in [2.05, 4.69) is 10.2 Å². The van der Waals surface area contributed by atoms with Crippen LogP contribution in [0.2, 0.25) is 0 Å². The number of nitrogens with zero attached hydrogens (tertiary/aromatic N) is 2. The second-order valence-corrected chi connectivity index (χ2v) is 4.36. The lowest BCUT2D eigenvalue weighted by Gasteiger charge is -2.15. The van der Waals surface area contributed by atoms with Crippen LogP contribution in [0.25, 0.3) is 0 Å². The van der Waals surface area contributed by atoms with Gasteiger partial charge in [0.15, 0.2) is 16.7 Å². The number of ether oxygens (including phenoxy) is 1. The SMILES string of the molecule is Cc1ccccc1OC(C)c1n[nH]c(=S)n1C. The maximum absolute atomic E-state index is 5.88. The third-order valence-electron chi connectivity index (χ3n) is 2.68. The molecule has 2 rings (SSSR count). The van der Waals surface area contributed by atoms with Crippen molar-refractivity contribution in [3.05, 3.63) is 40.4 Å². The number of aryl methyl sites for hydroxylation is 1. The van der Waals surface area contributed by atoms with E-state index < -0.39 is 0 Å². The smallest absolute Gasteiger partial charge is 0.195 e. The van der Waals surface area contributed by atoms with Crippen molar-refractivity contribution in [1.82, 2.24) is 14.8 Å². The highest BCUT2D eigenvalue weighted by Gasteiger charge is 2.14. The lowest BCUT2D eigenvalue weighted by molar-refractivity contribution is 0.210. The van der Waals surface area contributed by atoms with Gasteiger partial charge in [0.1, 0.15) is 5.75 Å². The fourth-order valence-corrected chi connectivity index (χ4v) is 1.79. The molecule has 0 aliphatic rings. The van der Waals surface area contributed by atoms with Crippen molar-refractivity contribution in [3.8, 4) is 5.75 Å². The van der Waals surface area contributed by atoms with Gasteiger partial charge in [-0.3, -0.25) is 5.10 Å². The first-order valence-electron chi connectivity index (χ1n) is 5.43. The van der Waals surface area contributed by atoms with Gasteiger partial charge in [-0.05, 0) is 37.7 Å². The molecule has 0 saturated heterocycles. The molecule has 0 aliphatic carbocycles. The van der Waals surface area contributed by atoms with Crippen molar-refractivity contribution in [2.24, 2.45) is 7.05 Å². The average Bonchev–Trinajstić information content (AvgIpc) is 2.63. The van der Waals surface area contributed by atoms with Crippen LogP contribution in [0.15, 0.2) is 24.3 Å². The van der Waals surface area contributed by atoms with Gasteiger partial charge in [0.2, 0.25) is 0 Å². The highest BCUT2D eigenvalue weighted by molar-refractivity contribution is 7.71. The molecule has 0 fully saturated rings. The number of hydrogen-bond donors (Lipinski definition) is 1. The molecule has 0 aliphatic heterocycles. The largest absolute Gasteiger partial charge is 0.482 e. The van der Waals surface area contributed by atoms with Gasteiger partial charge in [-0.2, -0.15) is 5.10 Å². The molecule has 1 unspecified atom stereocenters. The van der Waals surface area contributed by atoms with Crippen LogP contribution in [0, 0.1) is 11.7 Å². The van der Waals surface area contributed by atoms with Crippen LogP contribution in [0.3, 0.4) is 0 Å². The number of rotatable bonds is 3. The maximum Gasteiger partial charge on any atom is 0.195 e. The van der Waals surface area contributed by atoms with E-state index in [0.717, 1.165) is 17.1 Å². The van der Waals surface area contributed by atoms with Crippen molar-refractivity contribution in [3.63, 3.8) is 0 Å². The predicted octanol–water partition coefficient (Wildman–Crippen LogP) is 2.93. The summed E-state index contributed by atoms with van der Waals surface area (Å²) < 4.78 is 8.29. The summed E-state index contributed by atoms with van der Waals surface area (Å²) in [7, 11) is 1.87. The predicted molar refractivity (Wildman–Crippen MR) is 68.6 cm³/mol. The molecule has 17 heavy (non-hydrogen) atoms. The minimum Gasteiger partial charge on any atom is -0.482 e. The van der Waals surface area contributed by atoms with E-state index in [-0.39, 0.29) is 6.10 Å². The highest BCUT2D eigenvalue weighted by Crippen LogP contribution is 2.23. The summed E-state index contributed by atoms with van der Waals surface area (Å²) in [4.78, 5) is 0. The molecule has 1 heterocycles. The lowest BCUT2D eigenvalue weighted by atomic mass is 10.2. The summed E-state index contributed by atoms with van der Waals surface area (Å²) in [5.74, 6) is 1.66. The van der Waals surface area contributed by atoms with Crippen LogP contribution in [0.5, 0.6) is 5.75 Å². The van der Waals surface area contributed by atoms with Gasteiger partial charge in [-0.25, -0.2) is 0 Å². The summed E-state index contributed by atoms with van der Waals surface area (Å²) in [6.07, 6.45) is -0.144. The van der Waals surface area contributed by atoms with Gasteiger partial charge in [0, 0.05) is 7.05 Å². The van der Waals surface area contributed by atoms with E-state index in [9.17, 15) is 0 Å². The van der Waals surface area contributed by atoms with Crippen molar-refractivity contribution in [2.75, 3.05) is 0 Å². The number of para-hydroxylation sites is 1. The molecule has 0 radical (unpaired) electrons. The minimum atomic E-state index is -0.144. The number of H-pyrrole nitrogens is 1. The van der Waals surface area contributed by atoms with Crippen LogP contribution in [0.4, 0.5) is 0 Å². The Morgan fingerprint density at radius 3 is 2.71 bits per heavy atom. The molecular formula is C12H15N3OS. The van der Waals surface area contributed by atoms with E-state index in [1.54, 1.807) is 0 Å². The molecule has 5 heteroatoms. The first kappa shape index (κ1) is 11.9. The van der Waals surface area contributed by atoms with E-state index in [4.69, 9.17) is 17.0 Å². The summed E-state index contributed by atoms with van der Waals surface area (Å²) in [6.45, 7) is 3.97. The Morgan fingerprint density at radius 2 is 2.12 bits per heavy atom. The van der Waals surface area contributed by atoms with Crippen LogP contribution in [-0.4, -0.2) is 14.8 Å². The van der Waals surface area contributed by atoms with Crippen LogP contribution in [-0.2, 0) is 7.05 Å². The summed E-state index contributed by atoms with van der Waals surface area (Å²) in [5, 5.41) is 6.92. The van der Waals surface area contributed by atoms with Crippen LogP contribution in [0.1, 0.15) is 24.4 Å². The Morgan fingerprint density at radius 1 is 1.41 bits per heavy atom. The Hall–Kier alpha value is -1.62. The fraction of sp³-hybridized carbons (Fsp3) is 0.333. The quantitative estimate of drug-likeness (QED) is 0.850. The first-order chi connectivity index (χ1) is 8.09. The zero-order valence-corrected chi connectivity index (χ0v) is 10.9. The molecule has 1 aromatic heterocycles. The normalized spacial score (nSPS) is 12.4. The fourth-order valence-electron chi connectivity index (χ4n) is 1.65. The molecule has 0 spiro atoms. The first-order valence-corrected chi connectivity index (χ1v) is 5.84. The second-order valence-electron chi connectivity index (χ2n) is 3.97.